The molecule has 0 fully saturated rings. The number of amides is 1. The Hall–Kier alpha value is -1.78. The quantitative estimate of drug-likeness (QED) is 0.562. The van der Waals surface area contributed by atoms with Gasteiger partial charge in [-0.2, -0.15) is 0 Å². The maximum Gasteiger partial charge on any atom is 0.234 e. The van der Waals surface area contributed by atoms with Gasteiger partial charge in [-0.3, -0.25) is 9.59 Å². The van der Waals surface area contributed by atoms with E-state index in [1.54, 1.807) is 23.9 Å². The molecule has 1 amide bonds. The molecule has 1 aromatic carbocycles. The average Bonchev–Trinajstić information content (AvgIpc) is 3.21. The summed E-state index contributed by atoms with van der Waals surface area (Å²) < 4.78 is 12.2. The summed E-state index contributed by atoms with van der Waals surface area (Å²) in [5, 5.41) is 10.9. The Morgan fingerprint density at radius 1 is 1.20 bits per heavy atom. The number of ether oxygens (including phenoxy) is 2. The molecule has 1 aliphatic heterocycles. The van der Waals surface area contributed by atoms with Crippen molar-refractivity contribution >= 4 is 52.2 Å². The molecular formula is C15H15N3O4S3. The summed E-state index contributed by atoms with van der Waals surface area (Å²) in [6, 6.07) is 3.20. The van der Waals surface area contributed by atoms with E-state index < -0.39 is 0 Å². The third-order valence-electron chi connectivity index (χ3n) is 3.15. The van der Waals surface area contributed by atoms with Crippen molar-refractivity contribution in [3.8, 4) is 11.5 Å². The molecule has 2 heterocycles. The summed E-state index contributed by atoms with van der Waals surface area (Å²) in [6.45, 7) is 3.59. The van der Waals surface area contributed by atoms with E-state index in [-0.39, 0.29) is 24.2 Å². The number of carbonyl (C=O) groups excluding carboxylic acids is 2. The van der Waals surface area contributed by atoms with Gasteiger partial charge in [0.2, 0.25) is 12.7 Å². The summed E-state index contributed by atoms with van der Waals surface area (Å²) in [6.07, 6.45) is 0. The zero-order chi connectivity index (χ0) is 17.8. The number of nitrogens with one attached hydrogen (secondary N) is 1. The van der Waals surface area contributed by atoms with Gasteiger partial charge in [-0.25, -0.2) is 0 Å². The Morgan fingerprint density at radius 3 is 2.56 bits per heavy atom. The van der Waals surface area contributed by atoms with E-state index in [9.17, 15) is 9.59 Å². The second-order valence-electron chi connectivity index (χ2n) is 4.91. The SMILES string of the molecule is CCSc1nnc(SCC(=O)Nc2cc3c(cc2C(C)=O)OCO3)s1. The summed E-state index contributed by atoms with van der Waals surface area (Å²) in [4.78, 5) is 24.0. The van der Waals surface area contributed by atoms with Crippen molar-refractivity contribution in [2.75, 3.05) is 23.6 Å². The second kappa shape index (κ2) is 8.07. The lowest BCUT2D eigenvalue weighted by atomic mass is 10.1. The van der Waals surface area contributed by atoms with Gasteiger partial charge < -0.3 is 14.8 Å². The highest BCUT2D eigenvalue weighted by molar-refractivity contribution is 8.03. The molecular weight excluding hydrogens is 382 g/mol. The van der Waals surface area contributed by atoms with Crippen LogP contribution in [0.15, 0.2) is 20.8 Å². The van der Waals surface area contributed by atoms with E-state index in [1.807, 2.05) is 6.92 Å². The summed E-state index contributed by atoms with van der Waals surface area (Å²) in [5.74, 6) is 1.73. The first kappa shape index (κ1) is 18.0. The van der Waals surface area contributed by atoms with Crippen LogP contribution in [-0.4, -0.2) is 40.2 Å². The fourth-order valence-corrected chi connectivity index (χ4v) is 4.80. The number of fused-ring (bicyclic) bond motifs is 1. The van der Waals surface area contributed by atoms with Crippen LogP contribution >= 0.6 is 34.9 Å². The Kier molecular flexibility index (Phi) is 5.82. The average molecular weight is 398 g/mol. The molecule has 0 unspecified atom stereocenters. The van der Waals surface area contributed by atoms with Crippen molar-refractivity contribution in [1.82, 2.24) is 10.2 Å². The molecule has 1 aromatic heterocycles. The fraction of sp³-hybridized carbons (Fsp3) is 0.333. The number of aromatic nitrogens is 2. The molecule has 0 saturated heterocycles. The maximum atomic E-state index is 12.2. The first-order chi connectivity index (χ1) is 12.1. The Labute approximate surface area is 156 Å². The van der Waals surface area contributed by atoms with Crippen LogP contribution in [0.4, 0.5) is 5.69 Å². The number of rotatable bonds is 7. The summed E-state index contributed by atoms with van der Waals surface area (Å²) in [7, 11) is 0. The summed E-state index contributed by atoms with van der Waals surface area (Å²) in [5.41, 5.74) is 0.807. The zero-order valence-corrected chi connectivity index (χ0v) is 16.0. The molecule has 10 heteroatoms. The van der Waals surface area contributed by atoms with Crippen molar-refractivity contribution < 1.29 is 19.1 Å². The number of carbonyl (C=O) groups is 2. The predicted molar refractivity (Wildman–Crippen MR) is 98.2 cm³/mol. The van der Waals surface area contributed by atoms with Gasteiger partial charge in [0.25, 0.3) is 0 Å². The van der Waals surface area contributed by atoms with E-state index in [0.29, 0.717) is 22.7 Å². The number of ketones is 1. The lowest BCUT2D eigenvalue weighted by molar-refractivity contribution is -0.113. The van der Waals surface area contributed by atoms with Crippen molar-refractivity contribution in [2.24, 2.45) is 0 Å². The molecule has 0 spiro atoms. The van der Waals surface area contributed by atoms with Crippen LogP contribution in [0, 0.1) is 0 Å². The zero-order valence-electron chi connectivity index (χ0n) is 13.5. The maximum absolute atomic E-state index is 12.2. The lowest BCUT2D eigenvalue weighted by Gasteiger charge is -2.10. The van der Waals surface area contributed by atoms with Gasteiger partial charge in [-0.05, 0) is 18.7 Å². The number of Topliss-reactive ketones (excluding diaryl/α,β-unsaturated/α-hetero) is 1. The molecule has 0 atom stereocenters. The topological polar surface area (TPSA) is 90.4 Å². The molecule has 1 aliphatic rings. The molecule has 1 N–H and O–H groups in total. The van der Waals surface area contributed by atoms with Crippen LogP contribution in [0.3, 0.4) is 0 Å². The highest BCUT2D eigenvalue weighted by Crippen LogP contribution is 2.37. The molecule has 3 rings (SSSR count). The number of anilines is 1. The minimum Gasteiger partial charge on any atom is -0.454 e. The van der Waals surface area contributed by atoms with E-state index in [4.69, 9.17) is 9.47 Å². The minimum atomic E-state index is -0.230. The minimum absolute atomic E-state index is 0.106. The Bertz CT molecular complexity index is 809. The highest BCUT2D eigenvalue weighted by Gasteiger charge is 2.20. The van der Waals surface area contributed by atoms with E-state index >= 15 is 0 Å². The van der Waals surface area contributed by atoms with Crippen LogP contribution in [0.5, 0.6) is 11.5 Å². The third kappa shape index (κ3) is 4.44. The molecule has 0 bridgehead atoms. The van der Waals surface area contributed by atoms with Crippen LogP contribution in [0.1, 0.15) is 24.2 Å². The van der Waals surface area contributed by atoms with Gasteiger partial charge in [0.1, 0.15) is 0 Å². The molecule has 132 valence electrons. The summed E-state index contributed by atoms with van der Waals surface area (Å²) >= 11 is 4.39. The van der Waals surface area contributed by atoms with Crippen LogP contribution in [0.2, 0.25) is 0 Å². The molecule has 0 aliphatic carbocycles. The number of hydrogen-bond acceptors (Lipinski definition) is 9. The van der Waals surface area contributed by atoms with Crippen molar-refractivity contribution in [3.05, 3.63) is 17.7 Å². The Morgan fingerprint density at radius 2 is 1.88 bits per heavy atom. The second-order valence-corrected chi connectivity index (χ2v) is 8.62. The van der Waals surface area contributed by atoms with Crippen molar-refractivity contribution in [3.63, 3.8) is 0 Å². The molecule has 0 saturated carbocycles. The van der Waals surface area contributed by atoms with E-state index in [2.05, 4.69) is 15.5 Å². The number of benzene rings is 1. The van der Waals surface area contributed by atoms with Gasteiger partial charge in [-0.15, -0.1) is 10.2 Å². The van der Waals surface area contributed by atoms with Crippen LogP contribution < -0.4 is 14.8 Å². The monoisotopic (exact) mass is 397 g/mol. The fourth-order valence-electron chi connectivity index (χ4n) is 2.09. The van der Waals surface area contributed by atoms with Crippen molar-refractivity contribution in [2.45, 2.75) is 22.5 Å². The molecule has 25 heavy (non-hydrogen) atoms. The molecule has 0 radical (unpaired) electrons. The van der Waals surface area contributed by atoms with Gasteiger partial charge >= 0.3 is 0 Å². The highest BCUT2D eigenvalue weighted by atomic mass is 32.2. The Balaban J connectivity index is 1.65. The molecule has 7 nitrogen and oxygen atoms in total. The van der Waals surface area contributed by atoms with E-state index in [1.165, 1.54) is 30.0 Å². The number of nitrogens with zero attached hydrogens (tertiary/aromatic N) is 2. The van der Waals surface area contributed by atoms with Gasteiger partial charge in [0.15, 0.2) is 26.0 Å². The first-order valence-corrected chi connectivity index (χ1v) is 10.2. The van der Waals surface area contributed by atoms with Gasteiger partial charge in [0.05, 0.1) is 11.4 Å². The van der Waals surface area contributed by atoms with Crippen LogP contribution in [-0.2, 0) is 4.79 Å². The normalized spacial score (nSPS) is 12.2. The smallest absolute Gasteiger partial charge is 0.234 e. The number of hydrogen-bond donors (Lipinski definition) is 1. The number of thioether (sulfide) groups is 2. The molecule has 2 aromatic rings. The standard InChI is InChI=1S/C15H15N3O4S3/c1-3-23-14-17-18-15(25-14)24-6-13(20)16-10-5-12-11(21-7-22-12)4-9(10)8(2)19/h4-5H,3,6-7H2,1-2H3,(H,16,20). The van der Waals surface area contributed by atoms with E-state index in [0.717, 1.165) is 14.4 Å². The third-order valence-corrected chi connectivity index (χ3v) is 6.22. The van der Waals surface area contributed by atoms with Gasteiger partial charge in [-0.1, -0.05) is 41.8 Å². The largest absolute Gasteiger partial charge is 0.454 e. The van der Waals surface area contributed by atoms with Crippen molar-refractivity contribution in [1.29, 1.82) is 0 Å². The van der Waals surface area contributed by atoms with Gasteiger partial charge in [0, 0.05) is 11.6 Å². The predicted octanol–water partition coefficient (Wildman–Crippen LogP) is 3.31. The first-order valence-electron chi connectivity index (χ1n) is 7.40. The lowest BCUT2D eigenvalue weighted by Crippen LogP contribution is -2.16. The van der Waals surface area contributed by atoms with Crippen LogP contribution in [0.25, 0.3) is 0 Å².